The van der Waals surface area contributed by atoms with Gasteiger partial charge in [0.25, 0.3) is 5.91 Å². The number of halogens is 2. The summed E-state index contributed by atoms with van der Waals surface area (Å²) in [5, 5.41) is 3.03. The SMILES string of the molecule is Cc1cccc(C(=O)NC2(CCl)CC2)c1I. The lowest BCUT2D eigenvalue weighted by Gasteiger charge is -2.15. The number of carbonyl (C=O) groups excluding carboxylic acids is 1. The van der Waals surface area contributed by atoms with Gasteiger partial charge >= 0.3 is 0 Å². The molecule has 1 aromatic rings. The van der Waals surface area contributed by atoms with E-state index in [1.807, 2.05) is 25.1 Å². The molecule has 0 bridgehead atoms. The highest BCUT2D eigenvalue weighted by Crippen LogP contribution is 2.36. The predicted octanol–water partition coefficient (Wildman–Crippen LogP) is 3.10. The Morgan fingerprint density at radius 2 is 2.25 bits per heavy atom. The number of benzene rings is 1. The van der Waals surface area contributed by atoms with Crippen LogP contribution in [0.4, 0.5) is 0 Å². The molecule has 0 heterocycles. The van der Waals surface area contributed by atoms with Crippen molar-refractivity contribution in [3.63, 3.8) is 0 Å². The Morgan fingerprint density at radius 1 is 1.56 bits per heavy atom. The Labute approximate surface area is 114 Å². The van der Waals surface area contributed by atoms with Crippen LogP contribution in [0.15, 0.2) is 18.2 Å². The van der Waals surface area contributed by atoms with Gasteiger partial charge in [-0.15, -0.1) is 11.6 Å². The molecule has 0 aliphatic heterocycles. The van der Waals surface area contributed by atoms with Crippen LogP contribution in [0.2, 0.25) is 0 Å². The van der Waals surface area contributed by atoms with Crippen LogP contribution in [-0.2, 0) is 0 Å². The van der Waals surface area contributed by atoms with Crippen LogP contribution in [0, 0.1) is 10.5 Å². The molecule has 1 saturated carbocycles. The topological polar surface area (TPSA) is 29.1 Å². The molecule has 0 saturated heterocycles. The van der Waals surface area contributed by atoms with Gasteiger partial charge in [0, 0.05) is 9.45 Å². The molecular formula is C12H13ClINO. The standard InChI is InChI=1S/C12H13ClINO/c1-8-3-2-4-9(10(8)14)11(16)15-12(7-13)5-6-12/h2-4H,5-7H2,1H3,(H,15,16). The van der Waals surface area contributed by atoms with Crippen LogP contribution in [0.1, 0.15) is 28.8 Å². The van der Waals surface area contributed by atoms with Gasteiger partial charge in [-0.1, -0.05) is 12.1 Å². The molecule has 4 heteroatoms. The van der Waals surface area contributed by atoms with Crippen molar-refractivity contribution in [3.8, 4) is 0 Å². The minimum atomic E-state index is -0.133. The fraction of sp³-hybridized carbons (Fsp3) is 0.417. The normalized spacial score (nSPS) is 16.9. The molecule has 2 rings (SSSR count). The zero-order valence-corrected chi connectivity index (χ0v) is 11.9. The molecule has 0 aromatic heterocycles. The van der Waals surface area contributed by atoms with E-state index in [0.29, 0.717) is 5.88 Å². The van der Waals surface area contributed by atoms with Gasteiger partial charge in [0.2, 0.25) is 0 Å². The van der Waals surface area contributed by atoms with Crippen molar-refractivity contribution in [3.05, 3.63) is 32.9 Å². The van der Waals surface area contributed by atoms with Crippen LogP contribution in [0.3, 0.4) is 0 Å². The van der Waals surface area contributed by atoms with Gasteiger partial charge < -0.3 is 5.32 Å². The molecule has 1 aromatic carbocycles. The van der Waals surface area contributed by atoms with Gasteiger partial charge in [0.05, 0.1) is 11.1 Å². The van der Waals surface area contributed by atoms with Gasteiger partial charge in [0.1, 0.15) is 0 Å². The number of nitrogens with one attached hydrogen (secondary N) is 1. The Balaban J connectivity index is 2.18. The van der Waals surface area contributed by atoms with Gasteiger partial charge in [-0.3, -0.25) is 4.79 Å². The number of hydrogen-bond donors (Lipinski definition) is 1. The first kappa shape index (κ1) is 12.2. The van der Waals surface area contributed by atoms with E-state index < -0.39 is 0 Å². The second-order valence-corrected chi connectivity index (χ2v) is 5.65. The quantitative estimate of drug-likeness (QED) is 0.659. The minimum Gasteiger partial charge on any atom is -0.345 e. The molecule has 16 heavy (non-hydrogen) atoms. The average molecular weight is 350 g/mol. The molecule has 0 unspecified atom stereocenters. The van der Waals surface area contributed by atoms with E-state index in [1.54, 1.807) is 0 Å². The van der Waals surface area contributed by atoms with Crippen molar-refractivity contribution in [2.24, 2.45) is 0 Å². The lowest BCUT2D eigenvalue weighted by Crippen LogP contribution is -2.38. The number of amides is 1. The Kier molecular flexibility index (Phi) is 3.45. The van der Waals surface area contributed by atoms with E-state index >= 15 is 0 Å². The number of rotatable bonds is 3. The number of aryl methyl sites for hydroxylation is 1. The summed E-state index contributed by atoms with van der Waals surface area (Å²) in [5.41, 5.74) is 1.74. The largest absolute Gasteiger partial charge is 0.345 e. The third kappa shape index (κ3) is 2.35. The maximum atomic E-state index is 12.1. The summed E-state index contributed by atoms with van der Waals surface area (Å²) in [6.45, 7) is 2.01. The zero-order valence-electron chi connectivity index (χ0n) is 9.02. The summed E-state index contributed by atoms with van der Waals surface area (Å²) in [6.07, 6.45) is 1.98. The molecule has 1 amide bonds. The maximum Gasteiger partial charge on any atom is 0.252 e. The summed E-state index contributed by atoms with van der Waals surface area (Å²) >= 11 is 8.05. The molecule has 86 valence electrons. The molecule has 1 fully saturated rings. The second-order valence-electron chi connectivity index (χ2n) is 4.30. The fourth-order valence-corrected chi connectivity index (χ4v) is 2.51. The average Bonchev–Trinajstić information content (AvgIpc) is 3.02. The molecule has 1 aliphatic rings. The third-order valence-corrected chi connectivity index (χ3v) is 4.87. The Hall–Kier alpha value is -0.290. The highest BCUT2D eigenvalue weighted by molar-refractivity contribution is 14.1. The first-order valence-electron chi connectivity index (χ1n) is 5.22. The van der Waals surface area contributed by atoms with Gasteiger partial charge in [-0.25, -0.2) is 0 Å². The lowest BCUT2D eigenvalue weighted by atomic mass is 10.1. The Morgan fingerprint density at radius 3 is 2.81 bits per heavy atom. The lowest BCUT2D eigenvalue weighted by molar-refractivity contribution is 0.0935. The summed E-state index contributed by atoms with van der Waals surface area (Å²) in [6, 6.07) is 5.77. The molecule has 1 N–H and O–H groups in total. The van der Waals surface area contributed by atoms with Crippen molar-refractivity contribution in [2.75, 3.05) is 5.88 Å². The van der Waals surface area contributed by atoms with Crippen molar-refractivity contribution in [2.45, 2.75) is 25.3 Å². The van der Waals surface area contributed by atoms with Crippen molar-refractivity contribution < 1.29 is 4.79 Å². The summed E-state index contributed by atoms with van der Waals surface area (Å²) in [5.74, 6) is 0.493. The van der Waals surface area contributed by atoms with Crippen LogP contribution in [0.25, 0.3) is 0 Å². The van der Waals surface area contributed by atoms with Crippen LogP contribution in [0.5, 0.6) is 0 Å². The molecule has 0 radical (unpaired) electrons. The summed E-state index contributed by atoms with van der Waals surface area (Å²) in [4.78, 5) is 12.1. The first-order valence-corrected chi connectivity index (χ1v) is 6.83. The number of alkyl halides is 1. The molecule has 2 nitrogen and oxygen atoms in total. The van der Waals surface area contributed by atoms with E-state index in [0.717, 1.165) is 27.5 Å². The number of carbonyl (C=O) groups is 1. The van der Waals surface area contributed by atoms with Crippen molar-refractivity contribution in [1.82, 2.24) is 5.32 Å². The minimum absolute atomic E-state index is 0.00810. The highest BCUT2D eigenvalue weighted by atomic mass is 127. The molecular weight excluding hydrogens is 336 g/mol. The first-order chi connectivity index (χ1) is 7.58. The molecule has 1 aliphatic carbocycles. The predicted molar refractivity (Wildman–Crippen MR) is 74.0 cm³/mol. The zero-order chi connectivity index (χ0) is 11.8. The van der Waals surface area contributed by atoms with E-state index in [-0.39, 0.29) is 11.4 Å². The monoisotopic (exact) mass is 349 g/mol. The molecule has 0 spiro atoms. The van der Waals surface area contributed by atoms with Crippen LogP contribution < -0.4 is 5.32 Å². The van der Waals surface area contributed by atoms with E-state index in [1.165, 1.54) is 0 Å². The fourth-order valence-electron chi connectivity index (χ4n) is 1.57. The third-order valence-electron chi connectivity index (χ3n) is 2.92. The van der Waals surface area contributed by atoms with E-state index in [9.17, 15) is 4.79 Å². The number of hydrogen-bond acceptors (Lipinski definition) is 1. The second kappa shape index (κ2) is 4.53. The van der Waals surface area contributed by atoms with Crippen LogP contribution in [-0.4, -0.2) is 17.3 Å². The Bertz CT molecular complexity index is 429. The van der Waals surface area contributed by atoms with Gasteiger partial charge in [-0.2, -0.15) is 0 Å². The summed E-state index contributed by atoms with van der Waals surface area (Å²) < 4.78 is 1.02. The highest BCUT2D eigenvalue weighted by Gasteiger charge is 2.43. The summed E-state index contributed by atoms with van der Waals surface area (Å²) in [7, 11) is 0. The van der Waals surface area contributed by atoms with E-state index in [2.05, 4.69) is 27.9 Å². The smallest absolute Gasteiger partial charge is 0.252 e. The van der Waals surface area contributed by atoms with Gasteiger partial charge in [0.15, 0.2) is 0 Å². The van der Waals surface area contributed by atoms with Crippen molar-refractivity contribution >= 4 is 40.1 Å². The van der Waals surface area contributed by atoms with Crippen molar-refractivity contribution in [1.29, 1.82) is 0 Å². The van der Waals surface area contributed by atoms with Crippen LogP contribution >= 0.6 is 34.2 Å². The molecule has 0 atom stereocenters. The van der Waals surface area contributed by atoms with E-state index in [4.69, 9.17) is 11.6 Å². The van der Waals surface area contributed by atoms with Gasteiger partial charge in [-0.05, 0) is 54.0 Å². The maximum absolute atomic E-state index is 12.1.